The molecule has 0 saturated carbocycles. The van der Waals surface area contributed by atoms with Crippen molar-refractivity contribution in [3.63, 3.8) is 0 Å². The first kappa shape index (κ1) is 21.6. The van der Waals surface area contributed by atoms with Crippen molar-refractivity contribution in [2.75, 3.05) is 18.1 Å². The highest BCUT2D eigenvalue weighted by Gasteiger charge is 2.25. The van der Waals surface area contributed by atoms with Crippen LogP contribution in [0, 0.1) is 11.3 Å². The molecule has 1 atom stereocenters. The lowest BCUT2D eigenvalue weighted by molar-refractivity contribution is -0.151. The van der Waals surface area contributed by atoms with Gasteiger partial charge in [-0.05, 0) is 23.8 Å². The number of esters is 1. The highest BCUT2D eigenvalue weighted by atomic mass is 16.5. The first-order valence-corrected chi connectivity index (χ1v) is 9.70. The Kier molecular flexibility index (Phi) is 7.01. The van der Waals surface area contributed by atoms with Crippen LogP contribution >= 0.6 is 0 Å². The van der Waals surface area contributed by atoms with Crippen LogP contribution in [0.25, 0.3) is 10.9 Å². The van der Waals surface area contributed by atoms with Crippen LogP contribution in [0.3, 0.4) is 0 Å². The number of rotatable bonds is 8. The molecule has 0 aliphatic rings. The summed E-state index contributed by atoms with van der Waals surface area (Å²) < 4.78 is 5.21. The summed E-state index contributed by atoms with van der Waals surface area (Å²) in [5, 5.41) is 12.6. The fourth-order valence-electron chi connectivity index (χ4n) is 3.27. The van der Waals surface area contributed by atoms with Gasteiger partial charge in [-0.15, -0.1) is 0 Å². The van der Waals surface area contributed by atoms with Crippen molar-refractivity contribution in [2.45, 2.75) is 19.4 Å². The minimum Gasteiger partial charge on any atom is -0.454 e. The molecule has 0 saturated heterocycles. The van der Waals surface area contributed by atoms with E-state index in [1.165, 1.54) is 11.8 Å². The SMILES string of the molecule is CC(=O)NC(Cc1c[nH]c2ccccc12)C(=O)OCC(=O)N(CC#N)c1ccccc1. The number of carbonyl (C=O) groups excluding carboxylic acids is 3. The molecule has 0 aliphatic heterocycles. The quantitative estimate of drug-likeness (QED) is 0.430. The average Bonchev–Trinajstić information content (AvgIpc) is 3.18. The summed E-state index contributed by atoms with van der Waals surface area (Å²) in [5.74, 6) is -1.64. The Labute approximate surface area is 179 Å². The van der Waals surface area contributed by atoms with Crippen molar-refractivity contribution in [2.24, 2.45) is 0 Å². The maximum Gasteiger partial charge on any atom is 0.329 e. The van der Waals surface area contributed by atoms with Crippen molar-refractivity contribution >= 4 is 34.4 Å². The number of anilines is 1. The second-order valence-corrected chi connectivity index (χ2v) is 6.90. The maximum atomic E-state index is 12.7. The van der Waals surface area contributed by atoms with Crippen molar-refractivity contribution in [3.05, 3.63) is 66.4 Å². The summed E-state index contributed by atoms with van der Waals surface area (Å²) >= 11 is 0. The Hall–Kier alpha value is -4.12. The Bertz CT molecular complexity index is 1120. The number of hydrogen-bond donors (Lipinski definition) is 2. The highest BCUT2D eigenvalue weighted by molar-refractivity contribution is 5.96. The number of aromatic amines is 1. The second-order valence-electron chi connectivity index (χ2n) is 6.90. The fourth-order valence-corrected chi connectivity index (χ4v) is 3.27. The molecule has 0 radical (unpaired) electrons. The molecule has 2 N–H and O–H groups in total. The number of carbonyl (C=O) groups is 3. The summed E-state index contributed by atoms with van der Waals surface area (Å²) in [6.07, 6.45) is 1.99. The molecule has 0 aliphatic carbocycles. The molecule has 31 heavy (non-hydrogen) atoms. The minimum absolute atomic E-state index is 0.176. The molecule has 158 valence electrons. The molecule has 0 fully saturated rings. The van der Waals surface area contributed by atoms with E-state index in [-0.39, 0.29) is 18.9 Å². The van der Waals surface area contributed by atoms with Gasteiger partial charge in [0.1, 0.15) is 12.6 Å². The van der Waals surface area contributed by atoms with Gasteiger partial charge in [0.25, 0.3) is 5.91 Å². The van der Waals surface area contributed by atoms with Gasteiger partial charge in [0.15, 0.2) is 6.61 Å². The largest absolute Gasteiger partial charge is 0.454 e. The number of nitrogens with zero attached hydrogens (tertiary/aromatic N) is 2. The van der Waals surface area contributed by atoms with Crippen LogP contribution in [0.2, 0.25) is 0 Å². The van der Waals surface area contributed by atoms with Crippen molar-refractivity contribution in [1.82, 2.24) is 10.3 Å². The lowest BCUT2D eigenvalue weighted by Gasteiger charge is -2.21. The predicted molar refractivity (Wildman–Crippen MR) is 115 cm³/mol. The van der Waals surface area contributed by atoms with Gasteiger partial charge in [0.2, 0.25) is 5.91 Å². The summed E-state index contributed by atoms with van der Waals surface area (Å²) in [6, 6.07) is 17.3. The topological polar surface area (TPSA) is 115 Å². The molecule has 2 amide bonds. The minimum atomic E-state index is -0.953. The monoisotopic (exact) mass is 418 g/mol. The molecule has 1 unspecified atom stereocenters. The first-order chi connectivity index (χ1) is 15.0. The molecule has 2 aromatic carbocycles. The van der Waals surface area contributed by atoms with Gasteiger partial charge in [-0.2, -0.15) is 5.26 Å². The van der Waals surface area contributed by atoms with Crippen LogP contribution in [0.1, 0.15) is 12.5 Å². The predicted octanol–water partition coefficient (Wildman–Crippen LogP) is 2.32. The van der Waals surface area contributed by atoms with E-state index in [1.807, 2.05) is 30.3 Å². The molecule has 1 aromatic heterocycles. The van der Waals surface area contributed by atoms with E-state index in [1.54, 1.807) is 36.5 Å². The van der Waals surface area contributed by atoms with Crippen LogP contribution in [0.5, 0.6) is 0 Å². The molecule has 8 nitrogen and oxygen atoms in total. The van der Waals surface area contributed by atoms with E-state index in [2.05, 4.69) is 10.3 Å². The maximum absolute atomic E-state index is 12.7. The number of nitriles is 1. The number of fused-ring (bicyclic) bond motifs is 1. The van der Waals surface area contributed by atoms with E-state index < -0.39 is 24.5 Å². The van der Waals surface area contributed by atoms with Crippen LogP contribution in [-0.2, 0) is 25.5 Å². The second kappa shape index (κ2) is 10.1. The smallest absolute Gasteiger partial charge is 0.329 e. The fraction of sp³-hybridized carbons (Fsp3) is 0.217. The van der Waals surface area contributed by atoms with Crippen molar-refractivity contribution in [1.29, 1.82) is 5.26 Å². The number of ether oxygens (including phenoxy) is 1. The van der Waals surface area contributed by atoms with E-state index in [0.29, 0.717) is 5.69 Å². The molecule has 3 rings (SSSR count). The third kappa shape index (κ3) is 5.48. The standard InChI is InChI=1S/C23H22N4O4/c1-16(28)26-21(13-17-14-25-20-10-6-5-9-19(17)20)23(30)31-15-22(29)27(12-11-24)18-7-3-2-4-8-18/h2-10,14,21,25H,12-13,15H2,1H3,(H,26,28). The zero-order valence-electron chi connectivity index (χ0n) is 17.0. The molecule has 1 heterocycles. The number of H-pyrrole nitrogens is 1. The summed E-state index contributed by atoms with van der Waals surface area (Å²) in [4.78, 5) is 41.3. The van der Waals surface area contributed by atoms with Gasteiger partial charge in [0, 0.05) is 36.1 Å². The number of aromatic nitrogens is 1. The third-order valence-corrected chi connectivity index (χ3v) is 4.70. The molecular weight excluding hydrogens is 396 g/mol. The van der Waals surface area contributed by atoms with Gasteiger partial charge in [-0.25, -0.2) is 4.79 Å². The van der Waals surface area contributed by atoms with Gasteiger partial charge in [-0.1, -0.05) is 36.4 Å². The van der Waals surface area contributed by atoms with Crippen LogP contribution in [0.4, 0.5) is 5.69 Å². The molecular formula is C23H22N4O4. The van der Waals surface area contributed by atoms with E-state index in [0.717, 1.165) is 16.5 Å². The molecule has 8 heteroatoms. The van der Waals surface area contributed by atoms with Gasteiger partial charge < -0.3 is 15.0 Å². The highest BCUT2D eigenvalue weighted by Crippen LogP contribution is 2.19. The van der Waals surface area contributed by atoms with Crippen molar-refractivity contribution < 1.29 is 19.1 Å². The molecule has 3 aromatic rings. The number of nitrogens with one attached hydrogen (secondary N) is 2. The van der Waals surface area contributed by atoms with Gasteiger partial charge >= 0.3 is 5.97 Å². The van der Waals surface area contributed by atoms with Crippen LogP contribution in [0.15, 0.2) is 60.8 Å². The zero-order chi connectivity index (χ0) is 22.2. The Morgan fingerprint density at radius 3 is 2.55 bits per heavy atom. The average molecular weight is 418 g/mol. The number of amides is 2. The first-order valence-electron chi connectivity index (χ1n) is 9.70. The Morgan fingerprint density at radius 2 is 1.84 bits per heavy atom. The molecule has 0 spiro atoms. The van der Waals surface area contributed by atoms with E-state index in [4.69, 9.17) is 10.00 Å². The summed E-state index contributed by atoms with van der Waals surface area (Å²) in [5.41, 5.74) is 2.29. The van der Waals surface area contributed by atoms with E-state index in [9.17, 15) is 14.4 Å². The molecule has 0 bridgehead atoms. The normalized spacial score (nSPS) is 11.4. The van der Waals surface area contributed by atoms with Crippen LogP contribution < -0.4 is 10.2 Å². The van der Waals surface area contributed by atoms with Gasteiger partial charge in [0.05, 0.1) is 6.07 Å². The zero-order valence-corrected chi connectivity index (χ0v) is 17.0. The third-order valence-electron chi connectivity index (χ3n) is 4.70. The number of hydrogen-bond acceptors (Lipinski definition) is 5. The lowest BCUT2D eigenvalue weighted by Crippen LogP contribution is -2.44. The van der Waals surface area contributed by atoms with Gasteiger partial charge in [-0.3, -0.25) is 14.5 Å². The lowest BCUT2D eigenvalue weighted by atomic mass is 10.0. The Morgan fingerprint density at radius 1 is 1.13 bits per heavy atom. The van der Waals surface area contributed by atoms with Crippen LogP contribution in [-0.4, -0.2) is 42.0 Å². The summed E-state index contributed by atoms with van der Waals surface area (Å²) in [6.45, 7) is 0.592. The van der Waals surface area contributed by atoms with Crippen molar-refractivity contribution in [3.8, 4) is 6.07 Å². The number of para-hydroxylation sites is 2. The Balaban J connectivity index is 1.69. The van der Waals surface area contributed by atoms with E-state index >= 15 is 0 Å². The number of benzene rings is 2. The summed E-state index contributed by atoms with van der Waals surface area (Å²) in [7, 11) is 0.